The molecule has 0 bridgehead atoms. The first-order chi connectivity index (χ1) is 10.3. The van der Waals surface area contributed by atoms with Crippen molar-refractivity contribution >= 4 is 19.8 Å². The van der Waals surface area contributed by atoms with Crippen LogP contribution in [0.2, 0.25) is 5.02 Å². The van der Waals surface area contributed by atoms with Crippen LogP contribution in [0.15, 0.2) is 66.5 Å². The first kappa shape index (κ1) is 13.1. The van der Waals surface area contributed by atoms with Gasteiger partial charge >= 0.3 is 0 Å². The van der Waals surface area contributed by atoms with Gasteiger partial charge in [-0.1, -0.05) is 74.4 Å². The van der Waals surface area contributed by atoms with Gasteiger partial charge in [0.15, 0.2) is 0 Å². The highest BCUT2D eigenvalue weighted by Gasteiger charge is 2.27. The van der Waals surface area contributed by atoms with E-state index < -0.39 is 0 Å². The summed E-state index contributed by atoms with van der Waals surface area (Å²) < 4.78 is 0. The minimum Gasteiger partial charge on any atom is -0.0840 e. The molecule has 0 aliphatic heterocycles. The van der Waals surface area contributed by atoms with E-state index in [1.807, 2.05) is 12.1 Å². The molecule has 0 nitrogen and oxygen atoms in total. The van der Waals surface area contributed by atoms with E-state index in [1.165, 1.54) is 35.7 Å². The predicted octanol–water partition coefficient (Wildman–Crippen LogP) is 6.00. The lowest BCUT2D eigenvalue weighted by Crippen LogP contribution is -2.13. The van der Waals surface area contributed by atoms with Crippen LogP contribution in [0.1, 0.15) is 33.5 Å². The summed E-state index contributed by atoms with van der Waals surface area (Å²) in [5, 5.41) is 2.33. The summed E-state index contributed by atoms with van der Waals surface area (Å²) in [5.41, 5.74) is 5.49. The standard InChI is InChI=1S/C19H14ClP/c20-17-10-4-3-9-16(17)18-15-8-2-1-6-13(15)12-14-7-5-11-21-19(14)18/h1-11,18H,12H2. The van der Waals surface area contributed by atoms with Crippen molar-refractivity contribution in [2.24, 2.45) is 0 Å². The first-order valence-electron chi connectivity index (χ1n) is 7.10. The van der Waals surface area contributed by atoms with Gasteiger partial charge < -0.3 is 0 Å². The Kier molecular flexibility index (Phi) is 3.30. The van der Waals surface area contributed by atoms with E-state index in [-0.39, 0.29) is 5.92 Å². The second-order valence-corrected chi connectivity index (χ2v) is 6.82. The van der Waals surface area contributed by atoms with E-state index in [2.05, 4.69) is 54.3 Å². The lowest BCUT2D eigenvalue weighted by atomic mass is 9.79. The minimum absolute atomic E-state index is 0.279. The van der Waals surface area contributed by atoms with E-state index in [0.29, 0.717) is 0 Å². The third-order valence-corrected chi connectivity index (χ3v) is 5.65. The molecule has 1 aliphatic carbocycles. The molecule has 3 aromatic rings. The Balaban J connectivity index is 2.00. The highest BCUT2D eigenvalue weighted by molar-refractivity contribution is 7.30. The summed E-state index contributed by atoms with van der Waals surface area (Å²) in [4.78, 5) is 0. The van der Waals surface area contributed by atoms with Gasteiger partial charge in [-0.3, -0.25) is 0 Å². The summed E-state index contributed by atoms with van der Waals surface area (Å²) in [7, 11) is 1.29. The van der Waals surface area contributed by atoms with Crippen molar-refractivity contribution in [3.05, 3.63) is 99.0 Å². The van der Waals surface area contributed by atoms with Gasteiger partial charge in [0, 0.05) is 10.9 Å². The van der Waals surface area contributed by atoms with Crippen molar-refractivity contribution in [2.45, 2.75) is 12.3 Å². The zero-order chi connectivity index (χ0) is 14.2. The Bertz CT molecular complexity index is 749. The molecule has 21 heavy (non-hydrogen) atoms. The van der Waals surface area contributed by atoms with Gasteiger partial charge in [0.05, 0.1) is 0 Å². The Morgan fingerprint density at radius 2 is 1.52 bits per heavy atom. The SMILES string of the molecule is Clc1ccccc1C1c2ccccc2Cc2cccpc21. The second-order valence-electron chi connectivity index (χ2n) is 5.38. The zero-order valence-electron chi connectivity index (χ0n) is 11.5. The van der Waals surface area contributed by atoms with E-state index >= 15 is 0 Å². The molecule has 1 atom stereocenters. The Hall–Kier alpha value is -1.62. The lowest BCUT2D eigenvalue weighted by Gasteiger charge is -2.29. The molecule has 0 N–H and O–H groups in total. The van der Waals surface area contributed by atoms with E-state index in [0.717, 1.165) is 11.4 Å². The summed E-state index contributed by atoms with van der Waals surface area (Å²) >= 11 is 6.50. The molecule has 1 heterocycles. The van der Waals surface area contributed by atoms with Crippen molar-refractivity contribution in [2.75, 3.05) is 0 Å². The third kappa shape index (κ3) is 2.20. The summed E-state index contributed by atoms with van der Waals surface area (Å²) in [5.74, 6) is 2.50. The minimum atomic E-state index is 0.279. The van der Waals surface area contributed by atoms with Crippen molar-refractivity contribution in [1.29, 1.82) is 0 Å². The van der Waals surface area contributed by atoms with Crippen molar-refractivity contribution < 1.29 is 0 Å². The topological polar surface area (TPSA) is 0 Å². The van der Waals surface area contributed by atoms with Gasteiger partial charge in [-0.15, -0.1) is 0 Å². The van der Waals surface area contributed by atoms with Crippen molar-refractivity contribution in [3.8, 4) is 0 Å². The highest BCUT2D eigenvalue weighted by atomic mass is 35.5. The van der Waals surface area contributed by atoms with Gasteiger partial charge in [0.1, 0.15) is 0 Å². The number of rotatable bonds is 1. The molecular formula is C19H14ClP. The number of hydrogen-bond acceptors (Lipinski definition) is 0. The molecule has 0 saturated heterocycles. The third-order valence-electron chi connectivity index (χ3n) is 4.16. The lowest BCUT2D eigenvalue weighted by molar-refractivity contribution is 0.908. The number of halogens is 1. The average Bonchev–Trinajstić information content (AvgIpc) is 2.53. The van der Waals surface area contributed by atoms with Crippen LogP contribution in [0.25, 0.3) is 0 Å². The monoisotopic (exact) mass is 308 g/mol. The van der Waals surface area contributed by atoms with E-state index in [4.69, 9.17) is 11.6 Å². The molecular weight excluding hydrogens is 295 g/mol. The van der Waals surface area contributed by atoms with E-state index in [9.17, 15) is 0 Å². The first-order valence-corrected chi connectivity index (χ1v) is 8.45. The number of fused-ring (bicyclic) bond motifs is 2. The molecule has 0 fully saturated rings. The molecule has 1 aliphatic rings. The number of hydrogen-bond donors (Lipinski definition) is 0. The fraction of sp³-hybridized carbons (Fsp3) is 0.105. The zero-order valence-corrected chi connectivity index (χ0v) is 13.1. The van der Waals surface area contributed by atoms with Gasteiger partial charge in [-0.2, -0.15) is 0 Å². The quantitative estimate of drug-likeness (QED) is 0.404. The summed E-state index contributed by atoms with van der Waals surface area (Å²) in [6.45, 7) is 0. The molecule has 2 heteroatoms. The fourth-order valence-corrected chi connectivity index (χ4v) is 4.54. The Labute approximate surface area is 131 Å². The molecule has 0 spiro atoms. The molecule has 1 aromatic heterocycles. The maximum atomic E-state index is 6.50. The van der Waals surface area contributed by atoms with Crippen LogP contribution < -0.4 is 0 Å². The second kappa shape index (κ2) is 5.30. The molecule has 0 saturated carbocycles. The number of benzene rings is 2. The molecule has 1 unspecified atom stereocenters. The van der Waals surface area contributed by atoms with Gasteiger partial charge in [0.25, 0.3) is 0 Å². The van der Waals surface area contributed by atoms with Crippen LogP contribution in [0.5, 0.6) is 0 Å². The van der Waals surface area contributed by atoms with Crippen LogP contribution >= 0.6 is 19.8 Å². The maximum Gasteiger partial charge on any atom is 0.0447 e. The average molecular weight is 309 g/mol. The van der Waals surface area contributed by atoms with Crippen molar-refractivity contribution in [3.63, 3.8) is 0 Å². The van der Waals surface area contributed by atoms with Gasteiger partial charge in [-0.05, 0) is 45.8 Å². The summed E-state index contributed by atoms with van der Waals surface area (Å²) in [6.07, 6.45) is 1.03. The van der Waals surface area contributed by atoms with Crippen LogP contribution in [-0.2, 0) is 6.42 Å². The molecule has 2 aromatic carbocycles. The normalized spacial score (nSPS) is 16.5. The predicted molar refractivity (Wildman–Crippen MR) is 90.6 cm³/mol. The largest absolute Gasteiger partial charge is 0.0840 e. The molecule has 0 radical (unpaired) electrons. The van der Waals surface area contributed by atoms with Crippen LogP contribution in [0, 0.1) is 0 Å². The van der Waals surface area contributed by atoms with E-state index in [1.54, 1.807) is 0 Å². The fourth-order valence-electron chi connectivity index (χ4n) is 3.21. The van der Waals surface area contributed by atoms with Crippen LogP contribution in [0.3, 0.4) is 0 Å². The molecule has 4 rings (SSSR count). The van der Waals surface area contributed by atoms with Gasteiger partial charge in [0.2, 0.25) is 0 Å². The van der Waals surface area contributed by atoms with Crippen molar-refractivity contribution in [1.82, 2.24) is 0 Å². The highest BCUT2D eigenvalue weighted by Crippen LogP contribution is 2.45. The molecule has 102 valence electrons. The summed E-state index contributed by atoms with van der Waals surface area (Å²) in [6, 6.07) is 21.4. The molecule has 0 amide bonds. The smallest absolute Gasteiger partial charge is 0.0447 e. The maximum absolute atomic E-state index is 6.50. The van der Waals surface area contributed by atoms with Crippen LogP contribution in [-0.4, -0.2) is 0 Å². The Morgan fingerprint density at radius 1 is 0.810 bits per heavy atom. The van der Waals surface area contributed by atoms with Crippen LogP contribution in [0.4, 0.5) is 0 Å². The Morgan fingerprint density at radius 3 is 2.38 bits per heavy atom. The van der Waals surface area contributed by atoms with Gasteiger partial charge in [-0.25, -0.2) is 0 Å².